The third kappa shape index (κ3) is 5.38. The maximum absolute atomic E-state index is 11.8. The molecule has 19 heavy (non-hydrogen) atoms. The molecule has 2 N–H and O–H groups in total. The molecular weight excluding hydrogens is 282 g/mol. The quantitative estimate of drug-likeness (QED) is 0.885. The number of amides is 1. The number of carbonyl (C=O) groups excluding carboxylic acids is 1. The van der Waals surface area contributed by atoms with Crippen molar-refractivity contribution in [1.29, 1.82) is 0 Å². The zero-order chi connectivity index (χ0) is 12.8. The maximum Gasteiger partial charge on any atom is 0.221 e. The molecule has 1 amide bonds. The summed E-state index contributed by atoms with van der Waals surface area (Å²) in [4.78, 5) is 15.9. The minimum absolute atomic E-state index is 0. The Kier molecular flexibility index (Phi) is 7.20. The lowest BCUT2D eigenvalue weighted by Crippen LogP contribution is -2.41. The van der Waals surface area contributed by atoms with E-state index in [2.05, 4.69) is 15.6 Å². The van der Waals surface area contributed by atoms with E-state index in [4.69, 9.17) is 0 Å². The van der Waals surface area contributed by atoms with Crippen LogP contribution in [0.5, 0.6) is 0 Å². The summed E-state index contributed by atoms with van der Waals surface area (Å²) in [5.41, 5.74) is 2.24. The number of hydrogen-bond donors (Lipinski definition) is 2. The molecule has 0 radical (unpaired) electrons. The van der Waals surface area contributed by atoms with Crippen LogP contribution >= 0.6 is 24.2 Å². The van der Waals surface area contributed by atoms with Crippen LogP contribution in [-0.4, -0.2) is 35.0 Å². The number of aryl methyl sites for hydroxylation is 1. The molecule has 1 aromatic heterocycles. The zero-order valence-corrected chi connectivity index (χ0v) is 12.6. The van der Waals surface area contributed by atoms with Gasteiger partial charge in [-0.05, 0) is 24.1 Å². The molecule has 0 aliphatic carbocycles. The van der Waals surface area contributed by atoms with E-state index in [-0.39, 0.29) is 18.3 Å². The second-order valence-electron chi connectivity index (χ2n) is 4.51. The van der Waals surface area contributed by atoms with Gasteiger partial charge in [0.15, 0.2) is 0 Å². The van der Waals surface area contributed by atoms with Crippen molar-refractivity contribution in [3.05, 3.63) is 29.6 Å². The van der Waals surface area contributed by atoms with Crippen molar-refractivity contribution in [3.63, 3.8) is 0 Å². The van der Waals surface area contributed by atoms with Crippen molar-refractivity contribution in [2.45, 2.75) is 25.9 Å². The highest BCUT2D eigenvalue weighted by Crippen LogP contribution is 2.10. The Morgan fingerprint density at radius 3 is 3.16 bits per heavy atom. The molecule has 0 aromatic carbocycles. The van der Waals surface area contributed by atoms with Gasteiger partial charge in [0.05, 0.1) is 0 Å². The Labute approximate surface area is 124 Å². The molecule has 1 saturated heterocycles. The largest absolute Gasteiger partial charge is 0.352 e. The molecule has 1 atom stereocenters. The summed E-state index contributed by atoms with van der Waals surface area (Å²) in [5.74, 6) is 2.29. The SMILES string of the molecule is Cc1cnccc1CNC(=O)CC1CSCCN1.Cl. The first kappa shape index (κ1) is 16.3. The molecule has 2 rings (SSSR count). The number of nitrogens with one attached hydrogen (secondary N) is 2. The number of thioether (sulfide) groups is 1. The van der Waals surface area contributed by atoms with E-state index < -0.39 is 0 Å². The summed E-state index contributed by atoms with van der Waals surface area (Å²) in [6, 6.07) is 2.27. The highest BCUT2D eigenvalue weighted by Gasteiger charge is 2.16. The third-order valence-corrected chi connectivity index (χ3v) is 4.17. The number of hydrogen-bond acceptors (Lipinski definition) is 4. The van der Waals surface area contributed by atoms with E-state index in [1.165, 1.54) is 0 Å². The van der Waals surface area contributed by atoms with Gasteiger partial charge >= 0.3 is 0 Å². The first-order valence-corrected chi connectivity index (χ1v) is 7.38. The molecule has 2 heterocycles. The summed E-state index contributed by atoms with van der Waals surface area (Å²) in [7, 11) is 0. The van der Waals surface area contributed by atoms with Gasteiger partial charge in [-0.3, -0.25) is 9.78 Å². The van der Waals surface area contributed by atoms with Crippen LogP contribution < -0.4 is 10.6 Å². The molecule has 0 bridgehead atoms. The van der Waals surface area contributed by atoms with Crippen LogP contribution in [0.25, 0.3) is 0 Å². The van der Waals surface area contributed by atoms with Gasteiger partial charge in [0.1, 0.15) is 0 Å². The van der Waals surface area contributed by atoms with Gasteiger partial charge in [-0.2, -0.15) is 11.8 Å². The van der Waals surface area contributed by atoms with E-state index in [0.29, 0.717) is 19.0 Å². The smallest absolute Gasteiger partial charge is 0.221 e. The van der Waals surface area contributed by atoms with Gasteiger partial charge < -0.3 is 10.6 Å². The maximum atomic E-state index is 11.8. The van der Waals surface area contributed by atoms with Crippen LogP contribution in [-0.2, 0) is 11.3 Å². The summed E-state index contributed by atoms with van der Waals surface area (Å²) in [5, 5.41) is 6.34. The fourth-order valence-electron chi connectivity index (χ4n) is 1.94. The average Bonchev–Trinajstić information content (AvgIpc) is 2.39. The van der Waals surface area contributed by atoms with E-state index >= 15 is 0 Å². The molecule has 0 spiro atoms. The number of pyridine rings is 1. The second-order valence-corrected chi connectivity index (χ2v) is 5.66. The van der Waals surface area contributed by atoms with Gasteiger partial charge in [-0.25, -0.2) is 0 Å². The van der Waals surface area contributed by atoms with E-state index in [1.807, 2.05) is 30.9 Å². The van der Waals surface area contributed by atoms with Crippen LogP contribution in [0.4, 0.5) is 0 Å². The highest BCUT2D eigenvalue weighted by molar-refractivity contribution is 7.99. The summed E-state index contributed by atoms with van der Waals surface area (Å²) in [6.45, 7) is 3.60. The summed E-state index contributed by atoms with van der Waals surface area (Å²) in [6.07, 6.45) is 4.14. The van der Waals surface area contributed by atoms with Crippen molar-refractivity contribution in [2.24, 2.45) is 0 Å². The minimum Gasteiger partial charge on any atom is -0.352 e. The van der Waals surface area contributed by atoms with Crippen LogP contribution in [0.3, 0.4) is 0 Å². The Morgan fingerprint density at radius 1 is 1.63 bits per heavy atom. The lowest BCUT2D eigenvalue weighted by atomic mass is 10.1. The molecule has 1 aromatic rings. The van der Waals surface area contributed by atoms with Crippen LogP contribution in [0.1, 0.15) is 17.5 Å². The van der Waals surface area contributed by atoms with Gasteiger partial charge in [0.25, 0.3) is 0 Å². The van der Waals surface area contributed by atoms with Crippen molar-refractivity contribution in [1.82, 2.24) is 15.6 Å². The third-order valence-electron chi connectivity index (χ3n) is 3.04. The van der Waals surface area contributed by atoms with Gasteiger partial charge in [-0.15, -0.1) is 12.4 Å². The monoisotopic (exact) mass is 301 g/mol. The zero-order valence-electron chi connectivity index (χ0n) is 11.0. The molecule has 0 saturated carbocycles. The standard InChI is InChI=1S/C13H19N3OS.ClH/c1-10-7-14-3-2-11(10)8-16-13(17)6-12-9-18-5-4-15-12;/h2-3,7,12,15H,4-6,8-9H2,1H3,(H,16,17);1H. The Hall–Kier alpha value is -0.780. The van der Waals surface area contributed by atoms with E-state index in [0.717, 1.165) is 29.2 Å². The molecule has 1 fully saturated rings. The number of carbonyl (C=O) groups is 1. The molecule has 1 aliphatic rings. The number of halogens is 1. The predicted octanol–water partition coefficient (Wildman–Crippen LogP) is 1.52. The van der Waals surface area contributed by atoms with Gasteiger partial charge in [0, 0.05) is 49.5 Å². The van der Waals surface area contributed by atoms with Crippen LogP contribution in [0, 0.1) is 6.92 Å². The highest BCUT2D eigenvalue weighted by atomic mass is 35.5. The lowest BCUT2D eigenvalue weighted by Gasteiger charge is -2.22. The van der Waals surface area contributed by atoms with Crippen molar-refractivity contribution in [3.8, 4) is 0 Å². The molecule has 6 heteroatoms. The van der Waals surface area contributed by atoms with Crippen LogP contribution in [0.15, 0.2) is 18.5 Å². The first-order valence-electron chi connectivity index (χ1n) is 6.23. The Morgan fingerprint density at radius 2 is 2.47 bits per heavy atom. The normalized spacial score (nSPS) is 18.5. The first-order chi connectivity index (χ1) is 8.75. The van der Waals surface area contributed by atoms with Crippen molar-refractivity contribution in [2.75, 3.05) is 18.1 Å². The van der Waals surface area contributed by atoms with Crippen LogP contribution in [0.2, 0.25) is 0 Å². The fraction of sp³-hybridized carbons (Fsp3) is 0.538. The topological polar surface area (TPSA) is 54.0 Å². The number of aromatic nitrogens is 1. The molecule has 1 aliphatic heterocycles. The Bertz CT molecular complexity index is 411. The minimum atomic E-state index is 0. The van der Waals surface area contributed by atoms with Crippen molar-refractivity contribution >= 4 is 30.1 Å². The molecule has 4 nitrogen and oxygen atoms in total. The van der Waals surface area contributed by atoms with Gasteiger partial charge in [0.2, 0.25) is 5.91 Å². The summed E-state index contributed by atoms with van der Waals surface area (Å²) >= 11 is 1.91. The van der Waals surface area contributed by atoms with Crippen molar-refractivity contribution < 1.29 is 4.79 Å². The Balaban J connectivity index is 0.00000180. The second kappa shape index (κ2) is 8.40. The summed E-state index contributed by atoms with van der Waals surface area (Å²) < 4.78 is 0. The predicted molar refractivity (Wildman–Crippen MR) is 81.8 cm³/mol. The molecular formula is C13H20ClN3OS. The number of rotatable bonds is 4. The molecule has 106 valence electrons. The fourth-order valence-corrected chi connectivity index (χ4v) is 2.89. The number of nitrogens with zero attached hydrogens (tertiary/aromatic N) is 1. The van der Waals surface area contributed by atoms with Gasteiger partial charge in [-0.1, -0.05) is 0 Å². The van der Waals surface area contributed by atoms with E-state index in [1.54, 1.807) is 6.20 Å². The van der Waals surface area contributed by atoms with E-state index in [9.17, 15) is 4.79 Å². The average molecular weight is 302 g/mol. The molecule has 1 unspecified atom stereocenters. The lowest BCUT2D eigenvalue weighted by molar-refractivity contribution is -0.121.